The van der Waals surface area contributed by atoms with E-state index in [1.807, 2.05) is 25.8 Å². The number of carbonyl (C=O) groups excluding carboxylic acids is 1. The van der Waals surface area contributed by atoms with E-state index in [9.17, 15) is 4.79 Å². The quantitative estimate of drug-likeness (QED) is 0.600. The Morgan fingerprint density at radius 2 is 2.10 bits per heavy atom. The number of hydrogen-bond donors (Lipinski definition) is 2. The van der Waals surface area contributed by atoms with Crippen molar-refractivity contribution in [2.24, 2.45) is 0 Å². The Bertz CT molecular complexity index is 558. The van der Waals surface area contributed by atoms with Gasteiger partial charge in [0, 0.05) is 17.0 Å². The molecule has 3 rings (SSSR count). The number of anilines is 3. The standard InChI is InChI=1S/C13H18IN5O/c1-6-10-11(19(3)7(2)12(20)17-10)18-13(15-6)16-9-4-8(14)5-9/h7-9H,4-5H2,1-3H3,(H,17,20)(H,15,16,18)/t7-,8-,9-/m0/s1. The van der Waals surface area contributed by atoms with E-state index in [1.165, 1.54) is 0 Å². The lowest BCUT2D eigenvalue weighted by molar-refractivity contribution is -0.117. The maximum atomic E-state index is 11.8. The molecule has 2 aliphatic rings. The predicted octanol–water partition coefficient (Wildman–Crippen LogP) is 1.94. The molecule has 0 bridgehead atoms. The highest BCUT2D eigenvalue weighted by Gasteiger charge is 2.31. The summed E-state index contributed by atoms with van der Waals surface area (Å²) in [5.74, 6) is 1.43. The van der Waals surface area contributed by atoms with Gasteiger partial charge >= 0.3 is 0 Å². The highest BCUT2D eigenvalue weighted by atomic mass is 127. The normalized spacial score (nSPS) is 28.5. The smallest absolute Gasteiger partial charge is 0.246 e. The van der Waals surface area contributed by atoms with E-state index in [0.717, 1.165) is 34.0 Å². The number of alkyl halides is 1. The van der Waals surface area contributed by atoms with Gasteiger partial charge in [-0.15, -0.1) is 0 Å². The summed E-state index contributed by atoms with van der Waals surface area (Å²) in [5, 5.41) is 6.27. The van der Waals surface area contributed by atoms with Crippen LogP contribution in [-0.2, 0) is 4.79 Å². The molecule has 0 aromatic carbocycles. The molecule has 1 aliphatic carbocycles. The molecule has 1 aromatic rings. The van der Waals surface area contributed by atoms with E-state index in [4.69, 9.17) is 0 Å². The minimum absolute atomic E-state index is 0.0147. The van der Waals surface area contributed by atoms with Crippen LogP contribution in [0.2, 0.25) is 0 Å². The number of fused-ring (bicyclic) bond motifs is 1. The molecule has 1 atom stereocenters. The van der Waals surface area contributed by atoms with Crippen molar-refractivity contribution in [1.29, 1.82) is 0 Å². The van der Waals surface area contributed by atoms with Crippen LogP contribution in [0.3, 0.4) is 0 Å². The van der Waals surface area contributed by atoms with Crippen LogP contribution < -0.4 is 15.5 Å². The number of likely N-dealkylation sites (N-methyl/N-ethyl adjacent to an activating group) is 1. The van der Waals surface area contributed by atoms with E-state index in [2.05, 4.69) is 43.2 Å². The molecule has 1 amide bonds. The van der Waals surface area contributed by atoms with Crippen molar-refractivity contribution in [1.82, 2.24) is 9.97 Å². The predicted molar refractivity (Wildman–Crippen MR) is 87.7 cm³/mol. The molecule has 2 heterocycles. The van der Waals surface area contributed by atoms with Crippen LogP contribution in [0.15, 0.2) is 0 Å². The zero-order valence-corrected chi connectivity index (χ0v) is 13.9. The average molecular weight is 387 g/mol. The zero-order chi connectivity index (χ0) is 14.4. The monoisotopic (exact) mass is 387 g/mol. The molecule has 7 heteroatoms. The SMILES string of the molecule is Cc1nc(N[C@H]2C[C@H](I)C2)nc2c1NC(=O)[C@H](C)N2C. The van der Waals surface area contributed by atoms with Crippen LogP contribution in [0.25, 0.3) is 0 Å². The topological polar surface area (TPSA) is 70.1 Å². The van der Waals surface area contributed by atoms with Gasteiger partial charge in [-0.3, -0.25) is 4.79 Å². The summed E-state index contributed by atoms with van der Waals surface area (Å²) in [7, 11) is 1.89. The Kier molecular flexibility index (Phi) is 3.47. The number of amides is 1. The van der Waals surface area contributed by atoms with Gasteiger partial charge in [0.25, 0.3) is 0 Å². The van der Waals surface area contributed by atoms with Crippen LogP contribution in [0.5, 0.6) is 0 Å². The Labute approximate surface area is 131 Å². The lowest BCUT2D eigenvalue weighted by Crippen LogP contribution is -2.45. The lowest BCUT2D eigenvalue weighted by atomic mass is 9.93. The van der Waals surface area contributed by atoms with Gasteiger partial charge in [-0.05, 0) is 26.7 Å². The van der Waals surface area contributed by atoms with E-state index in [-0.39, 0.29) is 11.9 Å². The Hall–Kier alpha value is -1.12. The van der Waals surface area contributed by atoms with Gasteiger partial charge in [0.1, 0.15) is 11.7 Å². The number of hydrogen-bond acceptors (Lipinski definition) is 5. The molecule has 20 heavy (non-hydrogen) atoms. The molecule has 2 N–H and O–H groups in total. The summed E-state index contributed by atoms with van der Waals surface area (Å²) >= 11 is 2.46. The number of carbonyl (C=O) groups is 1. The third-order valence-electron chi connectivity index (χ3n) is 4.03. The highest BCUT2D eigenvalue weighted by Crippen LogP contribution is 2.34. The molecule has 1 fully saturated rings. The second-order valence-corrected chi connectivity index (χ2v) is 7.28. The molecule has 1 saturated carbocycles. The molecule has 108 valence electrons. The molecule has 0 spiro atoms. The lowest BCUT2D eigenvalue weighted by Gasteiger charge is -2.34. The summed E-state index contributed by atoms with van der Waals surface area (Å²) < 4.78 is 0.755. The molecule has 0 unspecified atom stereocenters. The summed E-state index contributed by atoms with van der Waals surface area (Å²) in [6.45, 7) is 3.77. The van der Waals surface area contributed by atoms with Crippen molar-refractivity contribution in [3.05, 3.63) is 5.69 Å². The van der Waals surface area contributed by atoms with E-state index in [0.29, 0.717) is 12.0 Å². The van der Waals surface area contributed by atoms with E-state index >= 15 is 0 Å². The summed E-state index contributed by atoms with van der Waals surface area (Å²) in [6.07, 6.45) is 2.31. The van der Waals surface area contributed by atoms with Crippen molar-refractivity contribution < 1.29 is 4.79 Å². The second-order valence-electron chi connectivity index (χ2n) is 5.52. The maximum absolute atomic E-state index is 11.8. The third-order valence-corrected chi connectivity index (χ3v) is 5.04. The number of nitrogens with one attached hydrogen (secondary N) is 2. The Balaban J connectivity index is 1.89. The van der Waals surface area contributed by atoms with Crippen molar-refractivity contribution in [3.8, 4) is 0 Å². The van der Waals surface area contributed by atoms with E-state index < -0.39 is 0 Å². The van der Waals surface area contributed by atoms with Crippen molar-refractivity contribution in [2.45, 2.75) is 42.7 Å². The van der Waals surface area contributed by atoms with Crippen LogP contribution in [0.1, 0.15) is 25.5 Å². The van der Waals surface area contributed by atoms with Gasteiger partial charge < -0.3 is 15.5 Å². The van der Waals surface area contributed by atoms with Gasteiger partial charge in [-0.1, -0.05) is 22.6 Å². The van der Waals surface area contributed by atoms with Gasteiger partial charge in [0.05, 0.1) is 5.69 Å². The molecule has 0 saturated heterocycles. The van der Waals surface area contributed by atoms with Crippen molar-refractivity contribution >= 4 is 46.0 Å². The first-order chi connectivity index (χ1) is 9.45. The first-order valence-electron chi connectivity index (χ1n) is 6.78. The summed E-state index contributed by atoms with van der Waals surface area (Å²) in [6, 6.07) is 0.252. The number of nitrogens with zero attached hydrogens (tertiary/aromatic N) is 3. The maximum Gasteiger partial charge on any atom is 0.246 e. The van der Waals surface area contributed by atoms with Gasteiger partial charge in [-0.2, -0.15) is 4.98 Å². The molecular weight excluding hydrogens is 369 g/mol. The molecule has 1 aromatic heterocycles. The third kappa shape index (κ3) is 2.32. The highest BCUT2D eigenvalue weighted by molar-refractivity contribution is 14.1. The zero-order valence-electron chi connectivity index (χ0n) is 11.8. The van der Waals surface area contributed by atoms with Gasteiger partial charge in [-0.25, -0.2) is 4.98 Å². The fourth-order valence-electron chi connectivity index (χ4n) is 2.46. The van der Waals surface area contributed by atoms with Crippen LogP contribution >= 0.6 is 22.6 Å². The first kappa shape index (κ1) is 13.8. The number of halogens is 1. The molecule has 1 aliphatic heterocycles. The summed E-state index contributed by atoms with van der Waals surface area (Å²) in [4.78, 5) is 22.8. The van der Waals surface area contributed by atoms with Gasteiger partial charge in [0.2, 0.25) is 11.9 Å². The fraction of sp³-hybridized carbons (Fsp3) is 0.615. The Morgan fingerprint density at radius 1 is 1.40 bits per heavy atom. The second kappa shape index (κ2) is 5.01. The van der Waals surface area contributed by atoms with Crippen molar-refractivity contribution in [2.75, 3.05) is 22.6 Å². The minimum atomic E-state index is -0.216. The first-order valence-corrected chi connectivity index (χ1v) is 8.03. The molecular formula is C13H18IN5O. The van der Waals surface area contributed by atoms with Crippen molar-refractivity contribution in [3.63, 3.8) is 0 Å². The number of aryl methyl sites for hydroxylation is 1. The average Bonchev–Trinajstić information content (AvgIpc) is 2.36. The summed E-state index contributed by atoms with van der Waals surface area (Å²) in [5.41, 5.74) is 1.52. The minimum Gasteiger partial charge on any atom is -0.351 e. The number of aromatic nitrogens is 2. The van der Waals surface area contributed by atoms with Gasteiger partial charge in [0.15, 0.2) is 5.82 Å². The largest absolute Gasteiger partial charge is 0.351 e. The number of rotatable bonds is 2. The van der Waals surface area contributed by atoms with Crippen LogP contribution in [0, 0.1) is 6.92 Å². The van der Waals surface area contributed by atoms with Crippen LogP contribution in [0.4, 0.5) is 17.5 Å². The van der Waals surface area contributed by atoms with Crippen LogP contribution in [-0.4, -0.2) is 38.9 Å². The van der Waals surface area contributed by atoms with E-state index in [1.54, 1.807) is 0 Å². The Morgan fingerprint density at radius 3 is 2.75 bits per heavy atom. The molecule has 6 nitrogen and oxygen atoms in total. The fourth-order valence-corrected chi connectivity index (χ4v) is 3.69. The molecule has 0 radical (unpaired) electrons.